The first kappa shape index (κ1) is 10.9. The van der Waals surface area contributed by atoms with E-state index < -0.39 is 10.0 Å². The van der Waals surface area contributed by atoms with Gasteiger partial charge in [-0.1, -0.05) is 0 Å². The highest BCUT2D eigenvalue weighted by molar-refractivity contribution is 7.93. The molecule has 0 saturated heterocycles. The first-order valence-corrected chi connectivity index (χ1v) is 6.57. The van der Waals surface area contributed by atoms with Gasteiger partial charge in [0.15, 0.2) is 10.9 Å². The predicted octanol–water partition coefficient (Wildman–Crippen LogP) is 0.260. The Labute approximate surface area is 96.0 Å². The van der Waals surface area contributed by atoms with E-state index in [1.54, 1.807) is 12.4 Å². The molecule has 2 aromatic heterocycles. The number of nitrogens with one attached hydrogen (secondary N) is 1. The Balaban J connectivity index is 2.36. The predicted molar refractivity (Wildman–Crippen MR) is 60.5 cm³/mol. The molecule has 2 rings (SSSR count). The number of nitrogens with zero attached hydrogens (tertiary/aromatic N) is 3. The Bertz CT molecular complexity index is 586. The summed E-state index contributed by atoms with van der Waals surface area (Å²) in [7, 11) is -2.11. The van der Waals surface area contributed by atoms with Gasteiger partial charge in [-0.25, -0.2) is 13.4 Å². The van der Waals surface area contributed by atoms with Crippen LogP contribution in [0.4, 0.5) is 10.9 Å². The van der Waals surface area contributed by atoms with Crippen molar-refractivity contribution in [3.63, 3.8) is 0 Å². The molecule has 0 aliphatic carbocycles. The van der Waals surface area contributed by atoms with Crippen LogP contribution in [0.25, 0.3) is 0 Å². The van der Waals surface area contributed by atoms with Crippen molar-refractivity contribution < 1.29 is 8.42 Å². The zero-order valence-electron chi connectivity index (χ0n) is 8.28. The smallest absolute Gasteiger partial charge is 0.268 e. The zero-order valence-corrected chi connectivity index (χ0v) is 9.92. The van der Waals surface area contributed by atoms with Crippen LogP contribution in [0.15, 0.2) is 22.7 Å². The van der Waals surface area contributed by atoms with Crippen LogP contribution in [-0.4, -0.2) is 23.2 Å². The van der Waals surface area contributed by atoms with Gasteiger partial charge >= 0.3 is 0 Å². The molecule has 0 aromatic carbocycles. The van der Waals surface area contributed by atoms with E-state index >= 15 is 0 Å². The minimum Gasteiger partial charge on any atom is -0.381 e. The van der Waals surface area contributed by atoms with E-state index in [0.29, 0.717) is 5.13 Å². The lowest BCUT2D eigenvalue weighted by molar-refractivity contribution is 0.601. The maximum Gasteiger partial charge on any atom is 0.268 e. The van der Waals surface area contributed by atoms with Crippen LogP contribution >= 0.6 is 11.3 Å². The molecule has 0 amide bonds. The van der Waals surface area contributed by atoms with E-state index in [-0.39, 0.29) is 10.7 Å². The van der Waals surface area contributed by atoms with Gasteiger partial charge < -0.3 is 5.73 Å². The molecule has 0 bridgehead atoms. The highest BCUT2D eigenvalue weighted by Crippen LogP contribution is 2.20. The molecule has 7 nitrogen and oxygen atoms in total. The van der Waals surface area contributed by atoms with E-state index in [9.17, 15) is 8.42 Å². The van der Waals surface area contributed by atoms with Crippen molar-refractivity contribution in [2.24, 2.45) is 7.05 Å². The highest BCUT2D eigenvalue weighted by Gasteiger charge is 2.21. The lowest BCUT2D eigenvalue weighted by Gasteiger charge is -2.02. The van der Waals surface area contributed by atoms with Crippen LogP contribution in [0.2, 0.25) is 0 Å². The van der Waals surface area contributed by atoms with Crippen molar-refractivity contribution >= 4 is 32.3 Å². The molecule has 0 spiro atoms. The Hall–Kier alpha value is -1.61. The van der Waals surface area contributed by atoms with E-state index in [1.807, 2.05) is 0 Å². The Morgan fingerprint density at radius 3 is 2.81 bits per heavy atom. The first-order valence-electron chi connectivity index (χ1n) is 4.20. The molecule has 0 aliphatic heterocycles. The van der Waals surface area contributed by atoms with Crippen molar-refractivity contribution in [2.45, 2.75) is 4.90 Å². The van der Waals surface area contributed by atoms with E-state index in [0.717, 1.165) is 0 Å². The summed E-state index contributed by atoms with van der Waals surface area (Å²) >= 11 is 1.19. The van der Waals surface area contributed by atoms with Gasteiger partial charge in [0.05, 0.1) is 0 Å². The molecular weight excluding hydrogens is 250 g/mol. The zero-order chi connectivity index (χ0) is 11.8. The van der Waals surface area contributed by atoms with Gasteiger partial charge in [0.2, 0.25) is 0 Å². The standard InChI is InChI=1S/C7H9N5O2S2/c1-12-4-5(6(8)10-12)16(13,14)11-7-9-2-3-15-7/h2-4H,1H3,(H2,8,10)(H,9,11). The molecule has 0 unspecified atom stereocenters. The fourth-order valence-corrected chi connectivity index (χ4v) is 3.03. The molecule has 86 valence electrons. The molecule has 0 atom stereocenters. The van der Waals surface area contributed by atoms with Crippen LogP contribution in [-0.2, 0) is 17.1 Å². The van der Waals surface area contributed by atoms with Gasteiger partial charge in [-0.2, -0.15) is 5.10 Å². The molecular formula is C7H9N5O2S2. The van der Waals surface area contributed by atoms with Crippen molar-refractivity contribution in [2.75, 3.05) is 10.5 Å². The van der Waals surface area contributed by atoms with Gasteiger partial charge in [-0.3, -0.25) is 9.40 Å². The van der Waals surface area contributed by atoms with Crippen molar-refractivity contribution in [1.29, 1.82) is 0 Å². The summed E-state index contributed by atoms with van der Waals surface area (Å²) in [6, 6.07) is 0. The molecule has 2 heterocycles. The Morgan fingerprint density at radius 1 is 1.56 bits per heavy atom. The van der Waals surface area contributed by atoms with Crippen LogP contribution in [0.1, 0.15) is 0 Å². The highest BCUT2D eigenvalue weighted by atomic mass is 32.2. The number of aryl methyl sites for hydroxylation is 1. The van der Waals surface area contributed by atoms with E-state index in [2.05, 4.69) is 14.8 Å². The summed E-state index contributed by atoms with van der Waals surface area (Å²) in [5.74, 6) is -0.0356. The van der Waals surface area contributed by atoms with Gasteiger partial charge in [0.1, 0.15) is 4.90 Å². The SMILES string of the molecule is Cn1cc(S(=O)(=O)Nc2nccs2)c(N)n1. The first-order chi connectivity index (χ1) is 7.49. The number of hydrogen-bond acceptors (Lipinski definition) is 6. The Morgan fingerprint density at radius 2 is 2.31 bits per heavy atom. The second-order valence-electron chi connectivity index (χ2n) is 3.00. The number of hydrogen-bond donors (Lipinski definition) is 2. The summed E-state index contributed by atoms with van der Waals surface area (Å²) < 4.78 is 27.4. The van der Waals surface area contributed by atoms with Gasteiger partial charge in [-0.05, 0) is 0 Å². The van der Waals surface area contributed by atoms with Crippen LogP contribution in [0, 0.1) is 0 Å². The maximum absolute atomic E-state index is 11.9. The van der Waals surface area contributed by atoms with Gasteiger partial charge in [0, 0.05) is 24.8 Å². The number of nitrogen functional groups attached to an aromatic ring is 1. The molecule has 16 heavy (non-hydrogen) atoms. The monoisotopic (exact) mass is 259 g/mol. The van der Waals surface area contributed by atoms with Gasteiger partial charge in [0.25, 0.3) is 10.0 Å². The van der Waals surface area contributed by atoms with Crippen LogP contribution < -0.4 is 10.5 Å². The normalized spacial score (nSPS) is 11.6. The fraction of sp³-hybridized carbons (Fsp3) is 0.143. The van der Waals surface area contributed by atoms with Crippen molar-refractivity contribution in [1.82, 2.24) is 14.8 Å². The molecule has 0 radical (unpaired) electrons. The molecule has 0 saturated carbocycles. The molecule has 3 N–H and O–H groups in total. The molecule has 9 heteroatoms. The van der Waals surface area contributed by atoms with Crippen LogP contribution in [0.3, 0.4) is 0 Å². The minimum atomic E-state index is -3.70. The summed E-state index contributed by atoms with van der Waals surface area (Å²) in [4.78, 5) is 3.77. The molecule has 2 aromatic rings. The quantitative estimate of drug-likeness (QED) is 0.823. The second kappa shape index (κ2) is 3.76. The Kier molecular flexibility index (Phi) is 2.56. The summed E-state index contributed by atoms with van der Waals surface area (Å²) in [6.45, 7) is 0. The fourth-order valence-electron chi connectivity index (χ4n) is 1.13. The number of thiazole rings is 1. The molecule has 0 aliphatic rings. The second-order valence-corrected chi connectivity index (χ2v) is 5.54. The number of nitrogens with two attached hydrogens (primary N) is 1. The number of sulfonamides is 1. The largest absolute Gasteiger partial charge is 0.381 e. The summed E-state index contributed by atoms with van der Waals surface area (Å²) in [5.41, 5.74) is 5.49. The third kappa shape index (κ3) is 1.99. The summed E-state index contributed by atoms with van der Waals surface area (Å²) in [5, 5.41) is 5.73. The topological polar surface area (TPSA) is 103 Å². The number of anilines is 2. The minimum absolute atomic E-state index is 0.0356. The third-order valence-corrected chi connectivity index (χ3v) is 3.94. The van der Waals surface area contributed by atoms with E-state index in [4.69, 9.17) is 5.73 Å². The third-order valence-electron chi connectivity index (χ3n) is 1.77. The maximum atomic E-state index is 11.9. The lowest BCUT2D eigenvalue weighted by Crippen LogP contribution is -2.13. The number of aromatic nitrogens is 3. The lowest BCUT2D eigenvalue weighted by atomic mass is 10.7. The van der Waals surface area contributed by atoms with Crippen molar-refractivity contribution in [3.05, 3.63) is 17.8 Å². The average molecular weight is 259 g/mol. The van der Waals surface area contributed by atoms with Crippen molar-refractivity contribution in [3.8, 4) is 0 Å². The van der Waals surface area contributed by atoms with Gasteiger partial charge in [-0.15, -0.1) is 11.3 Å². The molecule has 0 fully saturated rings. The summed E-state index contributed by atoms with van der Waals surface area (Å²) in [6.07, 6.45) is 2.85. The number of rotatable bonds is 3. The average Bonchev–Trinajstić information content (AvgIpc) is 2.75. The van der Waals surface area contributed by atoms with E-state index in [1.165, 1.54) is 28.4 Å². The van der Waals surface area contributed by atoms with Crippen LogP contribution in [0.5, 0.6) is 0 Å².